The lowest BCUT2D eigenvalue weighted by Crippen LogP contribution is -2.43. The van der Waals surface area contributed by atoms with E-state index in [9.17, 15) is 19.1 Å². The number of hydrogen-bond donors (Lipinski definition) is 4. The Morgan fingerprint density at radius 3 is 2.64 bits per heavy atom. The lowest BCUT2D eigenvalue weighted by molar-refractivity contribution is -0.117. The van der Waals surface area contributed by atoms with Crippen molar-refractivity contribution in [2.24, 2.45) is 5.73 Å². The Bertz CT molecular complexity index is 2000. The first-order chi connectivity index (χ1) is 22.5. The number of aliphatic hydroxyl groups is 1. The molecule has 5 aromatic rings. The number of rotatable bonds is 12. The quantitative estimate of drug-likeness (QED) is 0.145. The number of carbonyl (C=O) groups excluding carboxylic acids is 2. The molecule has 2 aromatic carbocycles. The zero-order valence-corrected chi connectivity index (χ0v) is 25.9. The molecule has 1 fully saturated rings. The number of H-pyrrole nitrogens is 1. The van der Waals surface area contributed by atoms with Gasteiger partial charge in [-0.2, -0.15) is 20.5 Å². The molecule has 1 aliphatic carbocycles. The second kappa shape index (κ2) is 12.6. The van der Waals surface area contributed by atoms with Crippen LogP contribution in [0.5, 0.6) is 11.5 Å². The van der Waals surface area contributed by atoms with E-state index in [2.05, 4.69) is 30.8 Å². The number of fused-ring (bicyclic) bond motifs is 1. The van der Waals surface area contributed by atoms with Gasteiger partial charge in [0.1, 0.15) is 40.0 Å². The molecule has 3 heterocycles. The molecule has 2 amide bonds. The number of ether oxygens (including phenoxy) is 2. The average Bonchev–Trinajstić information content (AvgIpc) is 3.55. The number of primary amides is 1. The van der Waals surface area contributed by atoms with Gasteiger partial charge in [-0.1, -0.05) is 11.6 Å². The van der Waals surface area contributed by atoms with Crippen LogP contribution < -0.4 is 20.5 Å². The van der Waals surface area contributed by atoms with Crippen molar-refractivity contribution in [3.8, 4) is 22.8 Å². The van der Waals surface area contributed by atoms with E-state index in [0.29, 0.717) is 28.8 Å². The fraction of sp³-hybridized carbons (Fsp3) is 0.290. The highest BCUT2D eigenvalue weighted by atomic mass is 35.5. The summed E-state index contributed by atoms with van der Waals surface area (Å²) < 4.78 is 42.5. The van der Waals surface area contributed by atoms with Gasteiger partial charge in [-0.15, -0.1) is 0 Å². The van der Waals surface area contributed by atoms with Crippen LogP contribution >= 0.6 is 11.6 Å². The van der Waals surface area contributed by atoms with E-state index in [1.54, 1.807) is 13.0 Å². The summed E-state index contributed by atoms with van der Waals surface area (Å²) in [4.78, 5) is 30.2. The van der Waals surface area contributed by atoms with Crippen molar-refractivity contribution >= 4 is 34.3 Å². The van der Waals surface area contributed by atoms with E-state index >= 15 is 4.39 Å². The van der Waals surface area contributed by atoms with Crippen molar-refractivity contribution in [1.82, 2.24) is 35.5 Å². The molecular formula is C31H29ClF2N8O5. The molecule has 0 spiro atoms. The molecule has 1 atom stereocenters. The standard InChI is InChI=1S/C31H29ClF2N8O5/c1-3-47-29-15(9-26(35)43)8-24(38-28(29)19-10-20(32)22(34)11-21(19)33)31(45,25-12-37-41-39-25)14-36-30(44)16-6-17-13-42(18-4-5-18)40-27(17)23(7-16)46-2/h6-8,10-13,18,45H,3-5,9,14H2,1-2H3,(H2,35,43)(H,36,44)(H,37,39,41)/t31-/m0/s1. The van der Waals surface area contributed by atoms with Gasteiger partial charge in [0.2, 0.25) is 5.91 Å². The Balaban J connectivity index is 1.43. The Hall–Kier alpha value is -5.15. The number of nitrogens with two attached hydrogens (primary N) is 1. The van der Waals surface area contributed by atoms with Gasteiger partial charge in [-0.25, -0.2) is 13.8 Å². The lowest BCUT2D eigenvalue weighted by Gasteiger charge is -2.28. The minimum Gasteiger partial charge on any atom is -0.494 e. The van der Waals surface area contributed by atoms with Gasteiger partial charge in [-0.3, -0.25) is 14.3 Å². The number of aromatic amines is 1. The second-order valence-corrected chi connectivity index (χ2v) is 11.4. The maximum Gasteiger partial charge on any atom is 0.251 e. The molecule has 6 rings (SSSR count). The predicted molar refractivity (Wildman–Crippen MR) is 165 cm³/mol. The molecule has 0 bridgehead atoms. The second-order valence-electron chi connectivity index (χ2n) is 11.0. The Labute approximate surface area is 271 Å². The summed E-state index contributed by atoms with van der Waals surface area (Å²) in [6.07, 6.45) is 4.71. The molecule has 0 aliphatic heterocycles. The van der Waals surface area contributed by atoms with Crippen LogP contribution in [0, 0.1) is 11.6 Å². The van der Waals surface area contributed by atoms with Crippen LogP contribution in [0.2, 0.25) is 5.02 Å². The zero-order chi connectivity index (χ0) is 33.5. The number of halogens is 3. The van der Waals surface area contributed by atoms with E-state index < -0.39 is 47.0 Å². The van der Waals surface area contributed by atoms with Gasteiger partial charge >= 0.3 is 0 Å². The predicted octanol–water partition coefficient (Wildman–Crippen LogP) is 3.58. The molecular weight excluding hydrogens is 638 g/mol. The number of hydrogen-bond acceptors (Lipinski definition) is 9. The Morgan fingerprint density at radius 2 is 1.98 bits per heavy atom. The summed E-state index contributed by atoms with van der Waals surface area (Å²) >= 11 is 6.00. The number of pyridine rings is 1. The SMILES string of the molecule is CCOc1c(CC(N)=O)cc([C@@](O)(CNC(=O)c2cc(OC)c3nn(C4CC4)cc3c2)c2cn[nH]n2)nc1-c1cc(Cl)c(F)cc1F. The highest BCUT2D eigenvalue weighted by Gasteiger charge is 2.39. The van der Waals surface area contributed by atoms with E-state index in [1.807, 2.05) is 10.9 Å². The smallest absolute Gasteiger partial charge is 0.251 e. The Morgan fingerprint density at radius 1 is 1.19 bits per heavy atom. The van der Waals surface area contributed by atoms with Crippen LogP contribution in [-0.4, -0.2) is 67.4 Å². The number of nitrogens with one attached hydrogen (secondary N) is 2. The number of nitrogens with zero attached hydrogens (tertiary/aromatic N) is 5. The van der Waals surface area contributed by atoms with Crippen LogP contribution in [0.4, 0.5) is 8.78 Å². The molecule has 0 unspecified atom stereocenters. The van der Waals surface area contributed by atoms with Crippen molar-refractivity contribution in [3.63, 3.8) is 0 Å². The fourth-order valence-electron chi connectivity index (χ4n) is 5.27. The molecule has 16 heteroatoms. The van der Waals surface area contributed by atoms with Gasteiger partial charge in [0.05, 0.1) is 49.6 Å². The molecule has 47 heavy (non-hydrogen) atoms. The number of carbonyl (C=O) groups is 2. The maximum absolute atomic E-state index is 15.2. The molecule has 13 nitrogen and oxygen atoms in total. The molecule has 0 saturated heterocycles. The van der Waals surface area contributed by atoms with Crippen LogP contribution in [0.15, 0.2) is 42.7 Å². The molecule has 0 radical (unpaired) electrons. The summed E-state index contributed by atoms with van der Waals surface area (Å²) in [5.41, 5.74) is 3.57. The summed E-state index contributed by atoms with van der Waals surface area (Å²) in [7, 11) is 1.48. The van der Waals surface area contributed by atoms with Crippen molar-refractivity contribution < 1.29 is 33.0 Å². The van der Waals surface area contributed by atoms with Crippen molar-refractivity contribution in [1.29, 1.82) is 0 Å². The van der Waals surface area contributed by atoms with E-state index in [1.165, 1.54) is 25.4 Å². The maximum atomic E-state index is 15.2. The molecule has 1 aliphatic rings. The number of aromatic nitrogens is 6. The highest BCUT2D eigenvalue weighted by Crippen LogP contribution is 2.40. The summed E-state index contributed by atoms with van der Waals surface area (Å²) in [5.74, 6) is -3.01. The molecule has 1 saturated carbocycles. The molecule has 244 valence electrons. The monoisotopic (exact) mass is 666 g/mol. The van der Waals surface area contributed by atoms with Gasteiger partial charge < -0.3 is 25.6 Å². The van der Waals surface area contributed by atoms with Gasteiger partial charge in [0.25, 0.3) is 5.91 Å². The zero-order valence-electron chi connectivity index (χ0n) is 25.2. The normalized spacial score (nSPS) is 14.2. The van der Waals surface area contributed by atoms with Gasteiger partial charge in [-0.05, 0) is 44.0 Å². The number of benzene rings is 2. The van der Waals surface area contributed by atoms with Crippen LogP contribution in [0.1, 0.15) is 53.1 Å². The summed E-state index contributed by atoms with van der Waals surface area (Å²) in [5, 5.41) is 30.1. The highest BCUT2D eigenvalue weighted by molar-refractivity contribution is 6.31. The first-order valence-electron chi connectivity index (χ1n) is 14.6. The first kappa shape index (κ1) is 31.8. The van der Waals surface area contributed by atoms with E-state index in [4.69, 9.17) is 26.8 Å². The van der Waals surface area contributed by atoms with Gasteiger partial charge in [0.15, 0.2) is 5.60 Å². The fourth-order valence-corrected chi connectivity index (χ4v) is 5.43. The Kier molecular flexibility index (Phi) is 8.51. The minimum atomic E-state index is -2.21. The van der Waals surface area contributed by atoms with Crippen molar-refractivity contribution in [2.45, 2.75) is 37.8 Å². The van der Waals surface area contributed by atoms with Gasteiger partial charge in [0, 0.05) is 34.3 Å². The third kappa shape index (κ3) is 6.18. The first-order valence-corrected chi connectivity index (χ1v) is 14.9. The van der Waals surface area contributed by atoms with Crippen LogP contribution in [0.3, 0.4) is 0 Å². The third-order valence-corrected chi connectivity index (χ3v) is 8.02. The van der Waals surface area contributed by atoms with Crippen LogP contribution in [-0.2, 0) is 16.8 Å². The average molecular weight is 667 g/mol. The molecule has 3 aromatic heterocycles. The van der Waals surface area contributed by atoms with Crippen molar-refractivity contribution in [3.05, 3.63) is 81.9 Å². The number of amides is 2. The van der Waals surface area contributed by atoms with E-state index in [0.717, 1.165) is 18.9 Å². The third-order valence-electron chi connectivity index (χ3n) is 7.73. The summed E-state index contributed by atoms with van der Waals surface area (Å²) in [6, 6.07) is 6.45. The topological polar surface area (TPSA) is 183 Å². The molecule has 5 N–H and O–H groups in total. The summed E-state index contributed by atoms with van der Waals surface area (Å²) in [6.45, 7) is 1.22. The largest absolute Gasteiger partial charge is 0.494 e. The minimum absolute atomic E-state index is 0.0321. The lowest BCUT2D eigenvalue weighted by atomic mass is 9.91. The van der Waals surface area contributed by atoms with E-state index in [-0.39, 0.29) is 46.1 Å². The van der Waals surface area contributed by atoms with Crippen molar-refractivity contribution in [2.75, 3.05) is 20.3 Å². The number of methoxy groups -OCH3 is 1. The van der Waals surface area contributed by atoms with Crippen LogP contribution in [0.25, 0.3) is 22.2 Å².